The Labute approximate surface area is 144 Å². The molecule has 0 heterocycles. The predicted molar refractivity (Wildman–Crippen MR) is 22.1 cm³/mol. The molecule has 0 saturated carbocycles. The maximum atomic E-state index is 9.10. The fraction of sp³-hybridized carbons (Fsp3) is 0. The van der Waals surface area contributed by atoms with E-state index in [0.717, 1.165) is 0 Å². The van der Waals surface area contributed by atoms with Gasteiger partial charge in [-0.15, -0.1) is 0 Å². The molecule has 0 saturated heterocycles. The molecule has 0 spiro atoms. The molecule has 10 heavy (non-hydrogen) atoms. The predicted octanol–water partition coefficient (Wildman–Crippen LogP) is -10.1. The summed E-state index contributed by atoms with van der Waals surface area (Å²) in [4.78, 5) is 18.2. The van der Waals surface area contributed by atoms with Gasteiger partial charge in [-0.1, -0.05) is 0 Å². The molecule has 0 amide bonds. The summed E-state index contributed by atoms with van der Waals surface area (Å²) in [6, 6.07) is 0. The number of carboxylic acids is 2. The Bertz CT molecular complexity index is 92.1. The maximum Gasteiger partial charge on any atom is 2.00 e. The fourth-order valence-electron chi connectivity index (χ4n) is 0. The molecule has 0 aromatic heterocycles. The first-order valence-corrected chi connectivity index (χ1v) is 1.11. The Morgan fingerprint density at radius 3 is 1.10 bits per heavy atom. The molecule has 0 radical (unpaired) electrons. The van der Waals surface area contributed by atoms with Crippen LogP contribution in [0.15, 0.2) is 0 Å². The molecule has 52 valence electrons. The zero-order valence-electron chi connectivity index (χ0n) is 6.17. The average molecular weight is 241 g/mol. The van der Waals surface area contributed by atoms with Gasteiger partial charge in [-0.2, -0.15) is 0 Å². The number of carbonyl (C=O) groups is 2. The molecule has 8 heteroatoms. The molecule has 0 aliphatic carbocycles. The Balaban J connectivity index is -0.0000000125. The van der Waals surface area contributed by atoms with Crippen molar-refractivity contribution in [2.75, 3.05) is 0 Å². The van der Waals surface area contributed by atoms with Gasteiger partial charge in [0.1, 0.15) is 0 Å². The Morgan fingerprint density at radius 2 is 1.10 bits per heavy atom. The van der Waals surface area contributed by atoms with Crippen molar-refractivity contribution in [2.45, 2.75) is 0 Å². The molecule has 2 N–H and O–H groups in total. The van der Waals surface area contributed by atoms with Crippen LogP contribution in [0.5, 0.6) is 0 Å². The van der Waals surface area contributed by atoms with Crippen LogP contribution in [0.25, 0.3) is 0 Å². The van der Waals surface area contributed by atoms with Crippen LogP contribution in [-0.4, -0.2) is 59.9 Å². The molecule has 0 atom stereocenters. The van der Waals surface area contributed by atoms with Crippen molar-refractivity contribution < 1.29 is 97.4 Å². The van der Waals surface area contributed by atoms with Crippen LogP contribution in [0.3, 0.4) is 0 Å². The minimum Gasteiger partial charge on any atom is -1.00 e. The molecular weight excluding hydrogens is 238 g/mol. The van der Waals surface area contributed by atoms with E-state index in [4.69, 9.17) is 19.8 Å². The van der Waals surface area contributed by atoms with E-state index < -0.39 is 11.9 Å². The molecule has 0 unspecified atom stereocenters. The van der Waals surface area contributed by atoms with Crippen LogP contribution >= 0.6 is 0 Å². The van der Waals surface area contributed by atoms with E-state index in [1.165, 1.54) is 0 Å². The molecule has 0 aliphatic rings. The SMILES string of the molecule is O=C(O)C(=O)O.[Ca+2].[Cl-].[Cl-].[H-].[K+]. The Kier molecular flexibility index (Phi) is 51.4. The number of hydrogen-bond acceptors (Lipinski definition) is 2. The minimum atomic E-state index is -1.82. The molecule has 0 rings (SSSR count). The van der Waals surface area contributed by atoms with Gasteiger partial charge in [0.15, 0.2) is 0 Å². The standard InChI is InChI=1S/C2H2O4.Ca.2ClH.K.H/c3-1(4)2(5)6;;;;;/h(H,3,4)(H,5,6);;2*1H;;/q;+2;;;+1;-1/p-2. The molecule has 0 fully saturated rings. The molecule has 4 nitrogen and oxygen atoms in total. The third-order valence-electron chi connectivity index (χ3n) is 0.183. The van der Waals surface area contributed by atoms with Crippen LogP contribution < -0.4 is 76.2 Å². The summed E-state index contributed by atoms with van der Waals surface area (Å²) in [5, 5.41) is 14.8. The first-order chi connectivity index (χ1) is 2.64. The summed E-state index contributed by atoms with van der Waals surface area (Å²) >= 11 is 0. The number of hydrogen-bond donors (Lipinski definition) is 2. The van der Waals surface area contributed by atoms with E-state index in [1.54, 1.807) is 0 Å². The average Bonchev–Trinajstić information content (AvgIpc) is 1.36. The summed E-state index contributed by atoms with van der Waals surface area (Å²) in [5.74, 6) is -3.65. The minimum absolute atomic E-state index is 0. The molecule has 0 aromatic rings. The van der Waals surface area contributed by atoms with Gasteiger partial charge in [0.2, 0.25) is 0 Å². The smallest absolute Gasteiger partial charge is 1.00 e. The normalized spacial score (nSPS) is 4.40. The summed E-state index contributed by atoms with van der Waals surface area (Å²) in [6.07, 6.45) is 0. The second-order valence-corrected chi connectivity index (χ2v) is 0.610. The van der Waals surface area contributed by atoms with Crippen molar-refractivity contribution in [3.63, 3.8) is 0 Å². The van der Waals surface area contributed by atoms with Gasteiger partial charge >= 0.3 is 101 Å². The second-order valence-electron chi connectivity index (χ2n) is 0.610. The monoisotopic (exact) mass is 240 g/mol. The van der Waals surface area contributed by atoms with Gasteiger partial charge in [-0.3, -0.25) is 0 Å². The third-order valence-corrected chi connectivity index (χ3v) is 0.183. The Hall–Kier alpha value is 2.42. The third kappa shape index (κ3) is 22.4. The van der Waals surface area contributed by atoms with Crippen molar-refractivity contribution in [3.05, 3.63) is 0 Å². The van der Waals surface area contributed by atoms with E-state index in [1.807, 2.05) is 0 Å². The first-order valence-electron chi connectivity index (χ1n) is 1.11. The molecule has 0 aliphatic heterocycles. The van der Waals surface area contributed by atoms with Gasteiger partial charge in [0, 0.05) is 0 Å². The van der Waals surface area contributed by atoms with E-state index in [2.05, 4.69) is 0 Å². The van der Waals surface area contributed by atoms with Gasteiger partial charge in [-0.25, -0.2) is 9.59 Å². The van der Waals surface area contributed by atoms with Gasteiger partial charge in [0.05, 0.1) is 0 Å². The van der Waals surface area contributed by atoms with Gasteiger partial charge in [0.25, 0.3) is 0 Å². The van der Waals surface area contributed by atoms with Gasteiger partial charge in [-0.05, 0) is 0 Å². The maximum absolute atomic E-state index is 9.10. The van der Waals surface area contributed by atoms with Crippen molar-refractivity contribution in [2.24, 2.45) is 0 Å². The number of aliphatic carboxylic acids is 2. The van der Waals surface area contributed by atoms with Crippen molar-refractivity contribution in [1.82, 2.24) is 0 Å². The number of halogens is 2. The summed E-state index contributed by atoms with van der Waals surface area (Å²) in [6.45, 7) is 0. The van der Waals surface area contributed by atoms with Crippen molar-refractivity contribution >= 4 is 49.7 Å². The van der Waals surface area contributed by atoms with Crippen LogP contribution in [0.4, 0.5) is 0 Å². The quantitative estimate of drug-likeness (QED) is 0.326. The van der Waals surface area contributed by atoms with E-state index in [9.17, 15) is 0 Å². The first kappa shape index (κ1) is 29.4. The molecule has 0 bridgehead atoms. The van der Waals surface area contributed by atoms with Crippen LogP contribution in [-0.2, 0) is 9.59 Å². The number of rotatable bonds is 0. The fourth-order valence-corrected chi connectivity index (χ4v) is 0. The van der Waals surface area contributed by atoms with Crippen LogP contribution in [0.1, 0.15) is 1.43 Å². The largest absolute Gasteiger partial charge is 2.00 e. The van der Waals surface area contributed by atoms with Crippen LogP contribution in [0.2, 0.25) is 0 Å². The summed E-state index contributed by atoms with van der Waals surface area (Å²) < 4.78 is 0. The molecule has 0 aromatic carbocycles. The summed E-state index contributed by atoms with van der Waals surface area (Å²) in [5.41, 5.74) is 0. The van der Waals surface area contributed by atoms with Crippen LogP contribution in [0, 0.1) is 0 Å². The zero-order chi connectivity index (χ0) is 5.15. The van der Waals surface area contributed by atoms with Crippen molar-refractivity contribution in [1.29, 1.82) is 0 Å². The number of carboxylic acid groups (broad SMARTS) is 2. The van der Waals surface area contributed by atoms with Gasteiger partial charge < -0.3 is 36.5 Å². The topological polar surface area (TPSA) is 74.6 Å². The van der Waals surface area contributed by atoms with E-state index in [-0.39, 0.29) is 115 Å². The Morgan fingerprint density at radius 1 is 1.00 bits per heavy atom. The second kappa shape index (κ2) is 17.5. The van der Waals surface area contributed by atoms with E-state index >= 15 is 0 Å². The zero-order valence-corrected chi connectivity index (χ0v) is 12.0. The van der Waals surface area contributed by atoms with E-state index in [0.29, 0.717) is 0 Å². The molecular formula is C2H3CaCl2KO4. The summed E-state index contributed by atoms with van der Waals surface area (Å²) in [7, 11) is 0. The van der Waals surface area contributed by atoms with Crippen molar-refractivity contribution in [3.8, 4) is 0 Å².